The van der Waals surface area contributed by atoms with E-state index in [4.69, 9.17) is 0 Å². The Bertz CT molecular complexity index is 638. The first-order valence-corrected chi connectivity index (χ1v) is 8.05. The molecule has 4 nitrogen and oxygen atoms in total. The van der Waals surface area contributed by atoms with E-state index in [9.17, 15) is 4.79 Å². The van der Waals surface area contributed by atoms with E-state index in [1.165, 1.54) is 25.7 Å². The molecule has 0 aliphatic heterocycles. The molecule has 1 aliphatic carbocycles. The maximum atomic E-state index is 12.3. The number of hydrogen-bond donors (Lipinski definition) is 0. The molecule has 0 aromatic carbocycles. The van der Waals surface area contributed by atoms with Gasteiger partial charge in [0.05, 0.1) is 5.52 Å². The summed E-state index contributed by atoms with van der Waals surface area (Å²) in [6.45, 7) is 0.816. The molecule has 19 heavy (non-hydrogen) atoms. The average Bonchev–Trinajstić information content (AvgIpc) is 2.67. The van der Waals surface area contributed by atoms with Crippen LogP contribution in [0.1, 0.15) is 25.7 Å². The van der Waals surface area contributed by atoms with Crippen molar-refractivity contribution < 1.29 is 0 Å². The zero-order valence-electron chi connectivity index (χ0n) is 11.1. The molecular weight excluding hydrogens is 353 g/mol. The van der Waals surface area contributed by atoms with Crippen molar-refractivity contribution in [2.45, 2.75) is 36.2 Å². The van der Waals surface area contributed by atoms with Gasteiger partial charge in [0.15, 0.2) is 5.65 Å². The van der Waals surface area contributed by atoms with Gasteiger partial charge in [0.2, 0.25) is 0 Å². The topological polar surface area (TPSA) is 39.8 Å². The summed E-state index contributed by atoms with van der Waals surface area (Å²) in [5.41, 5.74) is 1.81. The van der Waals surface area contributed by atoms with Crippen LogP contribution in [-0.2, 0) is 13.6 Å². The van der Waals surface area contributed by atoms with Crippen molar-refractivity contribution in [1.29, 1.82) is 0 Å². The molecular formula is C14H18IN3O. The van der Waals surface area contributed by atoms with Crippen molar-refractivity contribution in [1.82, 2.24) is 14.1 Å². The highest BCUT2D eigenvalue weighted by atomic mass is 127. The zero-order valence-corrected chi connectivity index (χ0v) is 13.2. The number of fused-ring (bicyclic) bond motifs is 1. The molecule has 102 valence electrons. The van der Waals surface area contributed by atoms with Crippen LogP contribution in [0.15, 0.2) is 23.1 Å². The van der Waals surface area contributed by atoms with Gasteiger partial charge in [-0.3, -0.25) is 9.13 Å². The van der Waals surface area contributed by atoms with Crippen LogP contribution in [0.2, 0.25) is 0 Å². The molecule has 2 heterocycles. The van der Waals surface area contributed by atoms with Crippen LogP contribution >= 0.6 is 22.6 Å². The van der Waals surface area contributed by atoms with Gasteiger partial charge in [-0.25, -0.2) is 9.78 Å². The van der Waals surface area contributed by atoms with Crippen molar-refractivity contribution >= 4 is 33.8 Å². The molecule has 2 aromatic heterocycles. The minimum atomic E-state index is 0.0605. The summed E-state index contributed by atoms with van der Waals surface area (Å²) >= 11 is 2.54. The molecule has 0 unspecified atom stereocenters. The average molecular weight is 371 g/mol. The van der Waals surface area contributed by atoms with E-state index in [0.29, 0.717) is 5.92 Å². The Kier molecular flexibility index (Phi) is 3.64. The first kappa shape index (κ1) is 13.1. The minimum Gasteiger partial charge on any atom is -0.293 e. The Balaban J connectivity index is 1.93. The first-order chi connectivity index (χ1) is 9.16. The number of hydrogen-bond acceptors (Lipinski definition) is 2. The van der Waals surface area contributed by atoms with Crippen LogP contribution in [0, 0.1) is 5.92 Å². The van der Waals surface area contributed by atoms with E-state index < -0.39 is 0 Å². The Morgan fingerprint density at radius 3 is 2.84 bits per heavy atom. The molecule has 3 rings (SSSR count). The number of pyridine rings is 1. The Morgan fingerprint density at radius 2 is 2.11 bits per heavy atom. The SMILES string of the molecule is Cn1c(=O)n(CC2CCC(I)CC2)c2ncccc21. The lowest BCUT2D eigenvalue weighted by Crippen LogP contribution is -2.27. The number of halogens is 1. The van der Waals surface area contributed by atoms with Crippen LogP contribution in [0.3, 0.4) is 0 Å². The second-order valence-corrected chi connectivity index (χ2v) is 7.18. The molecule has 0 saturated heterocycles. The van der Waals surface area contributed by atoms with E-state index in [2.05, 4.69) is 27.6 Å². The number of nitrogens with zero attached hydrogens (tertiary/aromatic N) is 3. The molecule has 0 amide bonds. The number of aryl methyl sites for hydroxylation is 1. The Labute approximate surface area is 126 Å². The van der Waals surface area contributed by atoms with Gasteiger partial charge in [-0.05, 0) is 43.7 Å². The van der Waals surface area contributed by atoms with Crippen molar-refractivity contribution in [2.24, 2.45) is 13.0 Å². The maximum absolute atomic E-state index is 12.3. The molecule has 2 aromatic rings. The summed E-state index contributed by atoms with van der Waals surface area (Å²) in [5, 5.41) is 0. The fourth-order valence-corrected chi connectivity index (χ4v) is 3.68. The van der Waals surface area contributed by atoms with Gasteiger partial charge in [-0.2, -0.15) is 0 Å². The second-order valence-electron chi connectivity index (χ2n) is 5.42. The lowest BCUT2D eigenvalue weighted by molar-refractivity contribution is 0.328. The standard InChI is InChI=1S/C14H18IN3O/c1-17-12-3-2-8-16-13(12)18(14(17)19)9-10-4-6-11(15)7-5-10/h2-3,8,10-11H,4-7,9H2,1H3. The van der Waals surface area contributed by atoms with Crippen molar-refractivity contribution in [3.05, 3.63) is 28.8 Å². The normalized spacial score (nSPS) is 23.9. The summed E-state index contributed by atoms with van der Waals surface area (Å²) in [7, 11) is 1.82. The van der Waals surface area contributed by atoms with Gasteiger partial charge in [0, 0.05) is 23.7 Å². The molecule has 0 bridgehead atoms. The summed E-state index contributed by atoms with van der Waals surface area (Å²) in [5.74, 6) is 0.622. The predicted molar refractivity (Wildman–Crippen MR) is 84.7 cm³/mol. The molecule has 0 spiro atoms. The summed E-state index contributed by atoms with van der Waals surface area (Å²) in [4.78, 5) is 16.7. The van der Waals surface area contributed by atoms with Crippen molar-refractivity contribution in [3.63, 3.8) is 0 Å². The highest BCUT2D eigenvalue weighted by Gasteiger charge is 2.21. The van der Waals surface area contributed by atoms with Crippen LogP contribution in [0.25, 0.3) is 11.2 Å². The van der Waals surface area contributed by atoms with E-state index in [0.717, 1.165) is 21.6 Å². The van der Waals surface area contributed by atoms with Gasteiger partial charge in [0.1, 0.15) is 0 Å². The summed E-state index contributed by atoms with van der Waals surface area (Å²) in [6, 6.07) is 3.84. The lowest BCUT2D eigenvalue weighted by Gasteiger charge is -2.25. The molecule has 1 aliphatic rings. The van der Waals surface area contributed by atoms with E-state index in [1.807, 2.05) is 23.7 Å². The molecule has 0 N–H and O–H groups in total. The third-order valence-corrected chi connectivity index (χ3v) is 5.36. The van der Waals surface area contributed by atoms with E-state index in [1.54, 1.807) is 10.8 Å². The van der Waals surface area contributed by atoms with Gasteiger partial charge < -0.3 is 0 Å². The zero-order chi connectivity index (χ0) is 13.4. The van der Waals surface area contributed by atoms with Crippen molar-refractivity contribution in [2.75, 3.05) is 0 Å². The monoisotopic (exact) mass is 371 g/mol. The van der Waals surface area contributed by atoms with E-state index >= 15 is 0 Å². The van der Waals surface area contributed by atoms with Crippen LogP contribution in [0.4, 0.5) is 0 Å². The third-order valence-electron chi connectivity index (χ3n) is 4.12. The summed E-state index contributed by atoms with van der Waals surface area (Å²) in [6.07, 6.45) is 6.77. The van der Waals surface area contributed by atoms with Gasteiger partial charge in [-0.15, -0.1) is 0 Å². The number of rotatable bonds is 2. The Hall–Kier alpha value is -0.850. The minimum absolute atomic E-state index is 0.0605. The molecule has 1 fully saturated rings. The molecule has 1 saturated carbocycles. The fraction of sp³-hybridized carbons (Fsp3) is 0.571. The quantitative estimate of drug-likeness (QED) is 0.602. The van der Waals surface area contributed by atoms with Gasteiger partial charge in [0.25, 0.3) is 0 Å². The fourth-order valence-electron chi connectivity index (χ4n) is 2.96. The van der Waals surface area contributed by atoms with Crippen LogP contribution < -0.4 is 5.69 Å². The lowest BCUT2D eigenvalue weighted by atomic mass is 9.89. The molecule has 5 heteroatoms. The number of alkyl halides is 1. The largest absolute Gasteiger partial charge is 0.330 e. The summed E-state index contributed by atoms with van der Waals surface area (Å²) < 4.78 is 4.37. The van der Waals surface area contributed by atoms with E-state index in [-0.39, 0.29) is 5.69 Å². The first-order valence-electron chi connectivity index (χ1n) is 6.81. The van der Waals surface area contributed by atoms with Gasteiger partial charge in [-0.1, -0.05) is 22.6 Å². The third kappa shape index (κ3) is 2.44. The van der Waals surface area contributed by atoms with Crippen LogP contribution in [-0.4, -0.2) is 18.0 Å². The van der Waals surface area contributed by atoms with Crippen LogP contribution in [0.5, 0.6) is 0 Å². The molecule has 0 atom stereocenters. The molecule has 0 radical (unpaired) electrons. The predicted octanol–water partition coefficient (Wildman–Crippen LogP) is 2.73. The number of imidazole rings is 1. The highest BCUT2D eigenvalue weighted by Crippen LogP contribution is 2.30. The van der Waals surface area contributed by atoms with Gasteiger partial charge >= 0.3 is 5.69 Å². The highest BCUT2D eigenvalue weighted by molar-refractivity contribution is 14.1. The Morgan fingerprint density at radius 1 is 1.37 bits per heavy atom. The number of aromatic nitrogens is 3. The maximum Gasteiger partial charge on any atom is 0.330 e. The smallest absolute Gasteiger partial charge is 0.293 e. The van der Waals surface area contributed by atoms with Crippen molar-refractivity contribution in [3.8, 4) is 0 Å². The second kappa shape index (κ2) is 5.26.